The Morgan fingerprint density at radius 2 is 1.90 bits per heavy atom. The molecular formula is C22H32N2O5. The summed E-state index contributed by atoms with van der Waals surface area (Å²) in [6.45, 7) is 6.83. The van der Waals surface area contributed by atoms with E-state index in [0.717, 1.165) is 31.4 Å². The van der Waals surface area contributed by atoms with Crippen molar-refractivity contribution in [1.29, 1.82) is 0 Å². The second-order valence-electron chi connectivity index (χ2n) is 7.54. The SMILES string of the molecule is CCCCCCC(C)(OC)/C(=C/C(=O)c1ccc([N+](=O)[O-])cc1)N1CCOCC1. The summed E-state index contributed by atoms with van der Waals surface area (Å²) < 4.78 is 11.4. The molecule has 7 heteroatoms. The van der Waals surface area contributed by atoms with Crippen LogP contribution in [-0.2, 0) is 9.47 Å². The van der Waals surface area contributed by atoms with Crippen LogP contribution in [0.1, 0.15) is 56.3 Å². The summed E-state index contributed by atoms with van der Waals surface area (Å²) >= 11 is 0. The molecule has 160 valence electrons. The number of unbranched alkanes of at least 4 members (excludes halogenated alkanes) is 3. The van der Waals surface area contributed by atoms with Gasteiger partial charge >= 0.3 is 0 Å². The monoisotopic (exact) mass is 404 g/mol. The highest BCUT2D eigenvalue weighted by Crippen LogP contribution is 2.31. The van der Waals surface area contributed by atoms with Crippen LogP contribution in [0.3, 0.4) is 0 Å². The van der Waals surface area contributed by atoms with Gasteiger partial charge in [0.1, 0.15) is 5.60 Å². The Balaban J connectivity index is 2.29. The third-order valence-electron chi connectivity index (χ3n) is 5.48. The van der Waals surface area contributed by atoms with Gasteiger partial charge in [-0.2, -0.15) is 0 Å². The van der Waals surface area contributed by atoms with Crippen molar-refractivity contribution in [3.63, 3.8) is 0 Å². The maximum atomic E-state index is 13.0. The maximum Gasteiger partial charge on any atom is 0.269 e. The number of benzene rings is 1. The van der Waals surface area contributed by atoms with Crippen molar-refractivity contribution >= 4 is 11.5 Å². The van der Waals surface area contributed by atoms with Crippen LogP contribution < -0.4 is 0 Å². The third-order valence-corrected chi connectivity index (χ3v) is 5.48. The number of hydrogen-bond acceptors (Lipinski definition) is 6. The number of rotatable bonds is 11. The number of morpholine rings is 1. The minimum atomic E-state index is -0.582. The summed E-state index contributed by atoms with van der Waals surface area (Å²) in [7, 11) is 1.68. The van der Waals surface area contributed by atoms with Crippen LogP contribution in [-0.4, -0.2) is 54.6 Å². The fourth-order valence-electron chi connectivity index (χ4n) is 3.56. The van der Waals surface area contributed by atoms with Crippen LogP contribution in [0.5, 0.6) is 0 Å². The number of ketones is 1. The van der Waals surface area contributed by atoms with Crippen molar-refractivity contribution in [3.8, 4) is 0 Å². The summed E-state index contributed by atoms with van der Waals surface area (Å²) in [6, 6.07) is 5.71. The summed E-state index contributed by atoms with van der Waals surface area (Å²) in [4.78, 5) is 25.5. The van der Waals surface area contributed by atoms with E-state index in [-0.39, 0.29) is 11.5 Å². The molecule has 7 nitrogen and oxygen atoms in total. The van der Waals surface area contributed by atoms with Crippen LogP contribution in [0.4, 0.5) is 5.69 Å². The fraction of sp³-hybridized carbons (Fsp3) is 0.591. The van der Waals surface area contributed by atoms with Crippen LogP contribution in [0.2, 0.25) is 0 Å². The average molecular weight is 405 g/mol. The Bertz CT molecular complexity index is 710. The zero-order valence-corrected chi connectivity index (χ0v) is 17.7. The first-order chi connectivity index (χ1) is 13.9. The quantitative estimate of drug-likeness (QED) is 0.179. The summed E-state index contributed by atoms with van der Waals surface area (Å²) in [6.07, 6.45) is 6.94. The molecule has 0 aromatic heterocycles. The second-order valence-corrected chi connectivity index (χ2v) is 7.54. The first-order valence-corrected chi connectivity index (χ1v) is 10.3. The van der Waals surface area contributed by atoms with E-state index in [1.54, 1.807) is 13.2 Å². The Hall–Kier alpha value is -2.25. The molecule has 1 aromatic carbocycles. The number of ether oxygens (including phenoxy) is 2. The lowest BCUT2D eigenvalue weighted by Crippen LogP contribution is -2.45. The van der Waals surface area contributed by atoms with E-state index in [0.29, 0.717) is 31.9 Å². The number of hydrogen-bond donors (Lipinski definition) is 0. The molecule has 0 spiro atoms. The van der Waals surface area contributed by atoms with Gasteiger partial charge in [0.05, 0.1) is 18.1 Å². The van der Waals surface area contributed by atoms with E-state index in [9.17, 15) is 14.9 Å². The minimum Gasteiger partial charge on any atom is -0.378 e. The van der Waals surface area contributed by atoms with E-state index in [2.05, 4.69) is 11.8 Å². The molecule has 29 heavy (non-hydrogen) atoms. The highest BCUT2D eigenvalue weighted by molar-refractivity contribution is 6.05. The van der Waals surface area contributed by atoms with Gasteiger partial charge in [-0.1, -0.05) is 32.6 Å². The van der Waals surface area contributed by atoms with Gasteiger partial charge in [0.15, 0.2) is 5.78 Å². The molecule has 1 fully saturated rings. The van der Waals surface area contributed by atoms with Crippen LogP contribution in [0.25, 0.3) is 0 Å². The van der Waals surface area contributed by atoms with Crippen molar-refractivity contribution < 1.29 is 19.2 Å². The van der Waals surface area contributed by atoms with E-state index in [4.69, 9.17) is 9.47 Å². The number of non-ortho nitro benzene ring substituents is 1. The number of carbonyl (C=O) groups is 1. The van der Waals surface area contributed by atoms with E-state index in [1.807, 2.05) is 6.92 Å². The number of methoxy groups -OCH3 is 1. The topological polar surface area (TPSA) is 81.9 Å². The minimum absolute atomic E-state index is 0.0309. The molecule has 0 bridgehead atoms. The molecule has 0 N–H and O–H groups in total. The second kappa shape index (κ2) is 11.1. The molecular weight excluding hydrogens is 372 g/mol. The van der Waals surface area contributed by atoms with Gasteiger partial charge in [0.25, 0.3) is 5.69 Å². The van der Waals surface area contributed by atoms with E-state index >= 15 is 0 Å². The molecule has 1 saturated heterocycles. The van der Waals surface area contributed by atoms with Gasteiger partial charge in [0, 0.05) is 49.7 Å². The normalized spacial score (nSPS) is 17.1. The highest BCUT2D eigenvalue weighted by atomic mass is 16.6. The van der Waals surface area contributed by atoms with Crippen molar-refractivity contribution in [3.05, 3.63) is 51.7 Å². The van der Waals surface area contributed by atoms with Gasteiger partial charge in [-0.05, 0) is 25.5 Å². The smallest absolute Gasteiger partial charge is 0.269 e. The zero-order chi connectivity index (χ0) is 21.3. The number of allylic oxidation sites excluding steroid dienone is 1. The molecule has 1 atom stereocenters. The van der Waals surface area contributed by atoms with Crippen molar-refractivity contribution in [2.45, 2.75) is 51.6 Å². The summed E-state index contributed by atoms with van der Waals surface area (Å²) in [5, 5.41) is 10.9. The van der Waals surface area contributed by atoms with Gasteiger partial charge < -0.3 is 14.4 Å². The van der Waals surface area contributed by atoms with Gasteiger partial charge in [-0.15, -0.1) is 0 Å². The lowest BCUT2D eigenvalue weighted by Gasteiger charge is -2.40. The molecule has 1 aliphatic heterocycles. The van der Waals surface area contributed by atoms with Crippen LogP contribution >= 0.6 is 0 Å². The standard InChI is InChI=1S/C22H32N2O5/c1-4-5-6-7-12-22(2,28-3)21(23-13-15-29-16-14-23)17-20(25)18-8-10-19(11-9-18)24(26)27/h8-11,17H,4-7,12-16H2,1-3H3/b21-17-. The number of nitro benzene ring substituents is 1. The molecule has 0 radical (unpaired) electrons. The average Bonchev–Trinajstić information content (AvgIpc) is 2.75. The van der Waals surface area contributed by atoms with E-state index < -0.39 is 10.5 Å². The van der Waals surface area contributed by atoms with Crippen molar-refractivity contribution in [2.24, 2.45) is 0 Å². The van der Waals surface area contributed by atoms with E-state index in [1.165, 1.54) is 30.7 Å². The van der Waals surface area contributed by atoms with Crippen molar-refractivity contribution in [1.82, 2.24) is 4.90 Å². The maximum absolute atomic E-state index is 13.0. The third kappa shape index (κ3) is 6.37. The molecule has 1 heterocycles. The predicted octanol–water partition coefficient (Wildman–Crippen LogP) is 4.37. The molecule has 0 saturated carbocycles. The molecule has 1 unspecified atom stereocenters. The zero-order valence-electron chi connectivity index (χ0n) is 17.7. The van der Waals surface area contributed by atoms with Gasteiger partial charge in [-0.3, -0.25) is 14.9 Å². The lowest BCUT2D eigenvalue weighted by molar-refractivity contribution is -0.384. The Morgan fingerprint density at radius 3 is 2.45 bits per heavy atom. The molecule has 0 aliphatic carbocycles. The van der Waals surface area contributed by atoms with Crippen molar-refractivity contribution in [2.75, 3.05) is 33.4 Å². The van der Waals surface area contributed by atoms with Crippen LogP contribution in [0.15, 0.2) is 36.0 Å². The highest BCUT2D eigenvalue weighted by Gasteiger charge is 2.33. The lowest BCUT2D eigenvalue weighted by atomic mass is 9.91. The largest absolute Gasteiger partial charge is 0.378 e. The first kappa shape index (κ1) is 23.0. The summed E-state index contributed by atoms with van der Waals surface area (Å²) in [5.41, 5.74) is 0.659. The van der Waals surface area contributed by atoms with Gasteiger partial charge in [-0.25, -0.2) is 0 Å². The van der Waals surface area contributed by atoms with Gasteiger partial charge in [0.2, 0.25) is 0 Å². The Morgan fingerprint density at radius 1 is 1.24 bits per heavy atom. The molecule has 2 rings (SSSR count). The van der Waals surface area contributed by atoms with Crippen LogP contribution in [0, 0.1) is 10.1 Å². The predicted molar refractivity (Wildman–Crippen MR) is 112 cm³/mol. The Kier molecular flexibility index (Phi) is 8.79. The number of nitro groups is 1. The number of nitrogens with zero attached hydrogens (tertiary/aromatic N) is 2. The molecule has 0 amide bonds. The molecule has 1 aliphatic rings. The Labute approximate surface area is 172 Å². The summed E-state index contributed by atoms with van der Waals surface area (Å²) in [5.74, 6) is -0.182. The number of carbonyl (C=O) groups excluding carboxylic acids is 1. The first-order valence-electron chi connectivity index (χ1n) is 10.3. The fourth-order valence-corrected chi connectivity index (χ4v) is 3.56. The molecule has 1 aromatic rings.